The number of hydrogen-bond donors (Lipinski definition) is 1. The molecule has 26 heavy (non-hydrogen) atoms. The van der Waals surface area contributed by atoms with Gasteiger partial charge in [-0.25, -0.2) is 23.5 Å². The molecule has 0 atom stereocenters. The number of ether oxygens (including phenoxy) is 1. The number of rotatable bonds is 4. The van der Waals surface area contributed by atoms with E-state index < -0.39 is 17.6 Å². The number of esters is 1. The van der Waals surface area contributed by atoms with Gasteiger partial charge in [-0.3, -0.25) is 0 Å². The van der Waals surface area contributed by atoms with Crippen LogP contribution in [0.1, 0.15) is 23.0 Å². The largest absolute Gasteiger partial charge is 0.462 e. The number of carbonyl (C=O) groups is 1. The van der Waals surface area contributed by atoms with Crippen LogP contribution in [0.25, 0.3) is 11.0 Å². The molecule has 0 aliphatic carbocycles. The van der Waals surface area contributed by atoms with Gasteiger partial charge in [0.15, 0.2) is 5.65 Å². The quantitative estimate of drug-likeness (QED) is 0.673. The number of carbonyl (C=O) groups excluding carboxylic acids is 1. The van der Waals surface area contributed by atoms with Crippen LogP contribution in [0, 0.1) is 18.6 Å². The molecule has 5 nitrogen and oxygen atoms in total. The molecule has 0 saturated carbocycles. The normalized spacial score (nSPS) is 10.3. The van der Waals surface area contributed by atoms with Gasteiger partial charge in [-0.1, -0.05) is 0 Å². The number of pyridine rings is 2. The number of nitrogens with zero attached hydrogens (tertiary/aromatic N) is 2. The number of anilines is 2. The highest BCUT2D eigenvalue weighted by Gasteiger charge is 2.18. The molecule has 0 aliphatic rings. The van der Waals surface area contributed by atoms with Crippen LogP contribution in [-0.4, -0.2) is 22.5 Å². The minimum Gasteiger partial charge on any atom is -0.462 e. The van der Waals surface area contributed by atoms with Crippen molar-refractivity contribution in [2.45, 2.75) is 13.8 Å². The maximum atomic E-state index is 14.0. The van der Waals surface area contributed by atoms with Crippen molar-refractivity contribution in [3.05, 3.63) is 59.4 Å². The van der Waals surface area contributed by atoms with E-state index in [0.717, 1.165) is 17.8 Å². The Kier molecular flexibility index (Phi) is 6.05. The molecule has 3 aromatic rings. The fourth-order valence-electron chi connectivity index (χ4n) is 2.40. The average Bonchev–Trinajstić information content (AvgIpc) is 2.57. The Morgan fingerprint density at radius 1 is 1.23 bits per heavy atom. The third kappa shape index (κ3) is 3.88. The lowest BCUT2D eigenvalue weighted by molar-refractivity contribution is 0.0527. The minimum absolute atomic E-state index is 0. The van der Waals surface area contributed by atoms with Crippen molar-refractivity contribution in [1.82, 2.24) is 9.97 Å². The van der Waals surface area contributed by atoms with E-state index in [9.17, 15) is 13.6 Å². The summed E-state index contributed by atoms with van der Waals surface area (Å²) < 4.78 is 32.2. The zero-order valence-electron chi connectivity index (χ0n) is 14.0. The van der Waals surface area contributed by atoms with Gasteiger partial charge in [0.05, 0.1) is 18.0 Å². The summed E-state index contributed by atoms with van der Waals surface area (Å²) in [5.74, 6) is -2.06. The summed E-state index contributed by atoms with van der Waals surface area (Å²) in [5.41, 5.74) is 1.63. The second-order valence-electron chi connectivity index (χ2n) is 5.34. The van der Waals surface area contributed by atoms with Crippen LogP contribution in [0.2, 0.25) is 0 Å². The summed E-state index contributed by atoms with van der Waals surface area (Å²) in [4.78, 5) is 20.7. The van der Waals surface area contributed by atoms with E-state index in [2.05, 4.69) is 15.3 Å². The Bertz CT molecular complexity index is 967. The Morgan fingerprint density at radius 2 is 2.00 bits per heavy atom. The fourth-order valence-corrected chi connectivity index (χ4v) is 2.40. The lowest BCUT2D eigenvalue weighted by Crippen LogP contribution is -2.10. The van der Waals surface area contributed by atoms with Crippen LogP contribution in [0.15, 0.2) is 36.5 Å². The monoisotopic (exact) mass is 379 g/mol. The zero-order valence-corrected chi connectivity index (χ0v) is 14.9. The van der Waals surface area contributed by atoms with Crippen LogP contribution >= 0.6 is 12.4 Å². The number of benzene rings is 1. The van der Waals surface area contributed by atoms with Crippen molar-refractivity contribution in [1.29, 1.82) is 0 Å². The van der Waals surface area contributed by atoms with Crippen LogP contribution in [0.3, 0.4) is 0 Å². The molecular weight excluding hydrogens is 364 g/mol. The minimum atomic E-state index is -0.778. The second kappa shape index (κ2) is 8.05. The average molecular weight is 380 g/mol. The van der Waals surface area contributed by atoms with E-state index in [-0.39, 0.29) is 30.3 Å². The fraction of sp³-hybridized carbons (Fsp3) is 0.167. The smallest absolute Gasteiger partial charge is 0.341 e. The van der Waals surface area contributed by atoms with Crippen molar-refractivity contribution in [2.75, 3.05) is 11.9 Å². The molecule has 8 heteroatoms. The van der Waals surface area contributed by atoms with Gasteiger partial charge in [-0.15, -0.1) is 12.4 Å². The van der Waals surface area contributed by atoms with Gasteiger partial charge < -0.3 is 10.1 Å². The molecular formula is C18H16ClF2N3O2. The van der Waals surface area contributed by atoms with Crippen LogP contribution in [0.4, 0.5) is 20.2 Å². The summed E-state index contributed by atoms with van der Waals surface area (Å²) in [6, 6.07) is 6.63. The molecule has 0 amide bonds. The molecule has 0 spiro atoms. The first kappa shape index (κ1) is 19.5. The first-order valence-electron chi connectivity index (χ1n) is 7.65. The molecule has 0 fully saturated rings. The van der Waals surface area contributed by atoms with E-state index in [0.29, 0.717) is 16.7 Å². The number of aromatic nitrogens is 2. The first-order chi connectivity index (χ1) is 12.0. The summed E-state index contributed by atoms with van der Waals surface area (Å²) in [5, 5.41) is 3.37. The number of nitrogens with one attached hydrogen (secondary N) is 1. The number of hydrogen-bond acceptors (Lipinski definition) is 5. The van der Waals surface area contributed by atoms with Gasteiger partial charge in [0.2, 0.25) is 0 Å². The van der Waals surface area contributed by atoms with E-state index in [4.69, 9.17) is 4.74 Å². The number of fused-ring (bicyclic) bond motifs is 1. The standard InChI is InChI=1S/C18H15F2N3O2.ClH/c1-3-25-18(24)13-9-21-17-12(6-4-10(2)22-17)16(13)23-15-7-5-11(19)8-14(15)20;/h4-9H,3H2,1-2H3,(H,21,22,23);1H. The van der Waals surface area contributed by atoms with Crippen molar-refractivity contribution in [2.24, 2.45) is 0 Å². The van der Waals surface area contributed by atoms with E-state index >= 15 is 0 Å². The van der Waals surface area contributed by atoms with Crippen molar-refractivity contribution in [3.63, 3.8) is 0 Å². The predicted octanol–water partition coefficient (Wildman–Crippen LogP) is 4.56. The highest BCUT2D eigenvalue weighted by atomic mass is 35.5. The Hall–Kier alpha value is -2.80. The van der Waals surface area contributed by atoms with Gasteiger partial charge in [-0.2, -0.15) is 0 Å². The molecule has 2 aromatic heterocycles. The Balaban J connectivity index is 0.00000243. The SMILES string of the molecule is CCOC(=O)c1cnc2nc(C)ccc2c1Nc1ccc(F)cc1F.Cl. The van der Waals surface area contributed by atoms with Gasteiger partial charge in [0.1, 0.15) is 17.2 Å². The van der Waals surface area contributed by atoms with Gasteiger partial charge >= 0.3 is 5.97 Å². The summed E-state index contributed by atoms with van der Waals surface area (Å²) in [6.07, 6.45) is 1.33. The molecule has 0 saturated heterocycles. The molecule has 3 rings (SSSR count). The van der Waals surface area contributed by atoms with Crippen LogP contribution in [0.5, 0.6) is 0 Å². The third-order valence-electron chi connectivity index (χ3n) is 3.56. The summed E-state index contributed by atoms with van der Waals surface area (Å²) in [7, 11) is 0. The highest BCUT2D eigenvalue weighted by molar-refractivity contribution is 6.05. The van der Waals surface area contributed by atoms with Crippen molar-refractivity contribution >= 4 is 40.8 Å². The van der Waals surface area contributed by atoms with Gasteiger partial charge in [-0.05, 0) is 38.1 Å². The Labute approximate surface area is 154 Å². The summed E-state index contributed by atoms with van der Waals surface area (Å²) in [6.45, 7) is 3.69. The van der Waals surface area contributed by atoms with E-state index in [1.54, 1.807) is 19.1 Å². The second-order valence-corrected chi connectivity index (χ2v) is 5.34. The predicted molar refractivity (Wildman–Crippen MR) is 97.1 cm³/mol. The molecule has 0 aliphatic heterocycles. The van der Waals surface area contributed by atoms with Crippen LogP contribution < -0.4 is 5.32 Å². The first-order valence-corrected chi connectivity index (χ1v) is 7.65. The maximum absolute atomic E-state index is 14.0. The van der Waals surface area contributed by atoms with E-state index in [1.807, 2.05) is 6.92 Å². The van der Waals surface area contributed by atoms with Gasteiger partial charge in [0.25, 0.3) is 0 Å². The number of halogens is 3. The van der Waals surface area contributed by atoms with Crippen molar-refractivity contribution < 1.29 is 18.3 Å². The van der Waals surface area contributed by atoms with E-state index in [1.165, 1.54) is 12.3 Å². The Morgan fingerprint density at radius 3 is 2.69 bits per heavy atom. The number of aryl methyl sites for hydroxylation is 1. The van der Waals surface area contributed by atoms with Crippen LogP contribution in [-0.2, 0) is 4.74 Å². The zero-order chi connectivity index (χ0) is 18.0. The summed E-state index contributed by atoms with van der Waals surface area (Å²) >= 11 is 0. The van der Waals surface area contributed by atoms with Crippen molar-refractivity contribution in [3.8, 4) is 0 Å². The molecule has 0 unspecified atom stereocenters. The lowest BCUT2D eigenvalue weighted by Gasteiger charge is -2.14. The third-order valence-corrected chi connectivity index (χ3v) is 3.56. The molecule has 1 N–H and O–H groups in total. The van der Waals surface area contributed by atoms with Gasteiger partial charge in [0, 0.05) is 23.3 Å². The molecule has 0 bridgehead atoms. The molecule has 0 radical (unpaired) electrons. The molecule has 136 valence electrons. The maximum Gasteiger partial charge on any atom is 0.341 e. The topological polar surface area (TPSA) is 64.1 Å². The molecule has 1 aromatic carbocycles. The molecule has 2 heterocycles. The highest BCUT2D eigenvalue weighted by Crippen LogP contribution is 2.30. The lowest BCUT2D eigenvalue weighted by atomic mass is 10.1.